The number of nitrogens with one attached hydrogen (secondary N) is 1. The minimum Gasteiger partial charge on any atom is -0.361 e. The molecule has 0 radical (unpaired) electrons. The maximum atomic E-state index is 13.5. The molecule has 0 bridgehead atoms. The van der Waals surface area contributed by atoms with Gasteiger partial charge in [0.05, 0.1) is 5.69 Å². The summed E-state index contributed by atoms with van der Waals surface area (Å²) < 4.78 is 18.4. The quantitative estimate of drug-likeness (QED) is 0.861. The monoisotopic (exact) mass is 288 g/mol. The number of halogens is 1. The van der Waals surface area contributed by atoms with Gasteiger partial charge < -0.3 is 9.84 Å². The van der Waals surface area contributed by atoms with E-state index >= 15 is 0 Å². The maximum Gasteiger partial charge on any atom is 0.246 e. The van der Waals surface area contributed by atoms with Gasteiger partial charge in [-0.3, -0.25) is 4.79 Å². The number of carbonyl (C=O) groups excluding carboxylic acids is 1. The van der Waals surface area contributed by atoms with Crippen molar-refractivity contribution in [1.29, 1.82) is 0 Å². The number of rotatable bonds is 5. The third-order valence-electron chi connectivity index (χ3n) is 2.98. The molecule has 1 heterocycles. The van der Waals surface area contributed by atoms with Gasteiger partial charge in [-0.25, -0.2) is 4.39 Å². The molecule has 0 unspecified atom stereocenters. The zero-order valence-corrected chi connectivity index (χ0v) is 12.0. The van der Waals surface area contributed by atoms with Crippen molar-refractivity contribution < 1.29 is 13.7 Å². The average Bonchev–Trinajstić information content (AvgIpc) is 2.87. The molecule has 0 fully saturated rings. The number of aryl methyl sites for hydroxylation is 1. The fourth-order valence-corrected chi connectivity index (χ4v) is 1.87. The molecule has 0 saturated heterocycles. The van der Waals surface area contributed by atoms with Crippen molar-refractivity contribution in [3.8, 4) is 0 Å². The highest BCUT2D eigenvalue weighted by Crippen LogP contribution is 2.11. The van der Waals surface area contributed by atoms with E-state index in [0.29, 0.717) is 24.1 Å². The Morgan fingerprint density at radius 1 is 1.43 bits per heavy atom. The van der Waals surface area contributed by atoms with E-state index in [0.717, 1.165) is 11.5 Å². The minimum atomic E-state index is -0.345. The maximum absolute atomic E-state index is 13.5. The Labute approximate surface area is 122 Å². The first-order valence-electron chi connectivity index (χ1n) is 6.69. The highest BCUT2D eigenvalue weighted by molar-refractivity contribution is 5.97. The Hall–Kier alpha value is -2.43. The molecule has 1 aromatic heterocycles. The van der Waals surface area contributed by atoms with Gasteiger partial charge in [0, 0.05) is 30.2 Å². The molecule has 1 aromatic carbocycles. The molecule has 21 heavy (non-hydrogen) atoms. The van der Waals surface area contributed by atoms with Crippen molar-refractivity contribution in [2.75, 3.05) is 6.54 Å². The lowest BCUT2D eigenvalue weighted by Crippen LogP contribution is -2.26. The predicted octanol–water partition coefficient (Wildman–Crippen LogP) is 2.88. The van der Waals surface area contributed by atoms with Crippen molar-refractivity contribution in [2.24, 2.45) is 0 Å². The van der Waals surface area contributed by atoms with E-state index < -0.39 is 0 Å². The molecule has 2 aromatic rings. The van der Waals surface area contributed by atoms with Crippen LogP contribution in [0.15, 0.2) is 40.4 Å². The number of benzene rings is 1. The van der Waals surface area contributed by atoms with Crippen LogP contribution in [0.25, 0.3) is 6.08 Å². The molecule has 110 valence electrons. The van der Waals surface area contributed by atoms with Crippen LogP contribution in [0.4, 0.5) is 4.39 Å². The summed E-state index contributed by atoms with van der Waals surface area (Å²) >= 11 is 0. The molecule has 0 spiro atoms. The lowest BCUT2D eigenvalue weighted by Gasteiger charge is -2.04. The first-order valence-corrected chi connectivity index (χ1v) is 6.69. The second-order valence-corrected chi connectivity index (χ2v) is 4.78. The number of amides is 1. The van der Waals surface area contributed by atoms with Crippen LogP contribution in [-0.2, 0) is 11.2 Å². The van der Waals surface area contributed by atoms with E-state index in [-0.39, 0.29) is 11.7 Å². The minimum absolute atomic E-state index is 0.224. The van der Waals surface area contributed by atoms with E-state index in [1.165, 1.54) is 12.1 Å². The van der Waals surface area contributed by atoms with Crippen LogP contribution < -0.4 is 5.32 Å². The van der Waals surface area contributed by atoms with Crippen LogP contribution in [0.3, 0.4) is 0 Å². The van der Waals surface area contributed by atoms with Crippen molar-refractivity contribution in [3.05, 3.63) is 58.7 Å². The molecule has 0 aliphatic rings. The summed E-state index contributed by atoms with van der Waals surface area (Å²) in [6.07, 6.45) is 2.13. The summed E-state index contributed by atoms with van der Waals surface area (Å²) in [5.41, 5.74) is 1.65. The van der Waals surface area contributed by atoms with E-state index in [2.05, 4.69) is 10.5 Å². The van der Waals surface area contributed by atoms with Gasteiger partial charge in [-0.1, -0.05) is 23.4 Å². The van der Waals surface area contributed by atoms with E-state index in [9.17, 15) is 9.18 Å². The molecular weight excluding hydrogens is 271 g/mol. The molecule has 2 rings (SSSR count). The van der Waals surface area contributed by atoms with E-state index in [4.69, 9.17) is 4.52 Å². The van der Waals surface area contributed by atoms with Gasteiger partial charge in [0.25, 0.3) is 0 Å². The summed E-state index contributed by atoms with van der Waals surface area (Å²) in [5, 5.41) is 6.61. The van der Waals surface area contributed by atoms with Gasteiger partial charge in [-0.2, -0.15) is 0 Å². The number of aromatic nitrogens is 1. The van der Waals surface area contributed by atoms with E-state index in [1.54, 1.807) is 25.1 Å². The van der Waals surface area contributed by atoms with Gasteiger partial charge in [0.15, 0.2) is 0 Å². The third-order valence-corrected chi connectivity index (χ3v) is 2.98. The van der Waals surface area contributed by atoms with Crippen molar-refractivity contribution in [3.63, 3.8) is 0 Å². The SMILES string of the molecule is C/C(=C\c1ccccc1F)C(=O)NCCc1cc(C)on1. The summed E-state index contributed by atoms with van der Waals surface area (Å²) in [6.45, 7) is 3.92. The van der Waals surface area contributed by atoms with Crippen LogP contribution in [0.2, 0.25) is 0 Å². The second-order valence-electron chi connectivity index (χ2n) is 4.78. The number of nitrogens with zero attached hydrogens (tertiary/aromatic N) is 1. The molecule has 0 aliphatic carbocycles. The molecule has 1 amide bonds. The van der Waals surface area contributed by atoms with Crippen LogP contribution in [0, 0.1) is 12.7 Å². The zero-order chi connectivity index (χ0) is 15.2. The summed E-state index contributed by atoms with van der Waals surface area (Å²) in [6, 6.07) is 8.16. The average molecular weight is 288 g/mol. The molecule has 0 saturated carbocycles. The second kappa shape index (κ2) is 6.83. The predicted molar refractivity (Wildman–Crippen MR) is 78.0 cm³/mol. The Balaban J connectivity index is 1.89. The van der Waals surface area contributed by atoms with Crippen molar-refractivity contribution in [1.82, 2.24) is 10.5 Å². The van der Waals surface area contributed by atoms with Gasteiger partial charge in [0.2, 0.25) is 5.91 Å². The largest absolute Gasteiger partial charge is 0.361 e. The Bertz CT molecular complexity index is 662. The van der Waals surface area contributed by atoms with Gasteiger partial charge in [-0.15, -0.1) is 0 Å². The summed E-state index contributed by atoms with van der Waals surface area (Å²) in [5.74, 6) is 0.174. The zero-order valence-electron chi connectivity index (χ0n) is 12.0. The van der Waals surface area contributed by atoms with E-state index in [1.807, 2.05) is 13.0 Å². The molecule has 1 N–H and O–H groups in total. The molecule has 4 nitrogen and oxygen atoms in total. The molecule has 0 atom stereocenters. The first-order chi connectivity index (χ1) is 10.1. The fourth-order valence-electron chi connectivity index (χ4n) is 1.87. The van der Waals surface area contributed by atoms with Gasteiger partial charge in [0.1, 0.15) is 11.6 Å². The van der Waals surface area contributed by atoms with Crippen LogP contribution in [-0.4, -0.2) is 17.6 Å². The molecular formula is C16H17FN2O2. The Morgan fingerprint density at radius 3 is 2.86 bits per heavy atom. The molecule has 5 heteroatoms. The number of carbonyl (C=O) groups is 1. The highest BCUT2D eigenvalue weighted by atomic mass is 19.1. The van der Waals surface area contributed by atoms with Crippen LogP contribution in [0.5, 0.6) is 0 Å². The van der Waals surface area contributed by atoms with Gasteiger partial charge in [-0.05, 0) is 26.0 Å². The first kappa shape index (κ1) is 15.0. The smallest absolute Gasteiger partial charge is 0.246 e. The summed E-state index contributed by atoms with van der Waals surface area (Å²) in [7, 11) is 0. The van der Waals surface area contributed by atoms with Crippen LogP contribution in [0.1, 0.15) is 23.9 Å². The lowest BCUT2D eigenvalue weighted by molar-refractivity contribution is -0.117. The fraction of sp³-hybridized carbons (Fsp3) is 0.250. The Morgan fingerprint density at radius 2 is 2.19 bits per heavy atom. The topological polar surface area (TPSA) is 55.1 Å². The number of hydrogen-bond acceptors (Lipinski definition) is 3. The standard InChI is InChI=1S/C16H17FN2O2/c1-11(9-13-5-3-4-6-15(13)17)16(20)18-8-7-14-10-12(2)21-19-14/h3-6,9-10H,7-8H2,1-2H3,(H,18,20)/b11-9+. The third kappa shape index (κ3) is 4.27. The summed E-state index contributed by atoms with van der Waals surface area (Å²) in [4.78, 5) is 11.9. The Kier molecular flexibility index (Phi) is 4.87. The normalized spacial score (nSPS) is 11.5. The van der Waals surface area contributed by atoms with Crippen molar-refractivity contribution >= 4 is 12.0 Å². The lowest BCUT2D eigenvalue weighted by atomic mass is 10.1. The number of hydrogen-bond donors (Lipinski definition) is 1. The highest BCUT2D eigenvalue weighted by Gasteiger charge is 2.06. The van der Waals surface area contributed by atoms with Crippen molar-refractivity contribution in [2.45, 2.75) is 20.3 Å². The van der Waals surface area contributed by atoms with Crippen LogP contribution >= 0.6 is 0 Å². The molecule has 0 aliphatic heterocycles. The van der Waals surface area contributed by atoms with Gasteiger partial charge >= 0.3 is 0 Å².